The number of carbonyl (C=O) groups is 2. The number of pyridine rings is 1. The Balaban J connectivity index is 1.51. The molecular formula is C16H17N3O3. The molecular weight excluding hydrogens is 282 g/mol. The predicted octanol–water partition coefficient (Wildman–Crippen LogP) is 1.46. The molecule has 0 spiro atoms. The van der Waals surface area contributed by atoms with E-state index >= 15 is 0 Å². The highest BCUT2D eigenvalue weighted by molar-refractivity contribution is 5.96. The van der Waals surface area contributed by atoms with Gasteiger partial charge >= 0.3 is 0 Å². The average Bonchev–Trinajstić information content (AvgIpc) is 3.09. The van der Waals surface area contributed by atoms with Crippen molar-refractivity contribution in [1.29, 1.82) is 0 Å². The van der Waals surface area contributed by atoms with E-state index in [4.69, 9.17) is 4.42 Å². The van der Waals surface area contributed by atoms with E-state index in [0.717, 1.165) is 31.4 Å². The van der Waals surface area contributed by atoms with E-state index in [9.17, 15) is 9.59 Å². The Kier molecular flexibility index (Phi) is 3.18. The molecule has 3 unspecified atom stereocenters. The van der Waals surface area contributed by atoms with Gasteiger partial charge in [-0.25, -0.2) is 0 Å². The zero-order valence-corrected chi connectivity index (χ0v) is 12.1. The predicted molar refractivity (Wildman–Crippen MR) is 79.8 cm³/mol. The molecule has 2 aromatic heterocycles. The van der Waals surface area contributed by atoms with Gasteiger partial charge in [0.2, 0.25) is 0 Å². The number of aldehydes is 1. The van der Waals surface area contributed by atoms with E-state index < -0.39 is 0 Å². The molecule has 1 N–H and O–H groups in total. The molecule has 0 saturated carbocycles. The summed E-state index contributed by atoms with van der Waals surface area (Å²) in [7, 11) is 0. The number of nitrogens with zero attached hydrogens (tertiary/aromatic N) is 2. The van der Waals surface area contributed by atoms with E-state index in [1.165, 1.54) is 6.42 Å². The maximum absolute atomic E-state index is 12.4. The Labute approximate surface area is 127 Å². The van der Waals surface area contributed by atoms with E-state index in [2.05, 4.69) is 15.2 Å². The van der Waals surface area contributed by atoms with E-state index in [1.807, 2.05) is 0 Å². The number of hydrogen-bond donors (Lipinski definition) is 1. The van der Waals surface area contributed by atoms with Gasteiger partial charge in [-0.2, -0.15) is 0 Å². The molecule has 0 aromatic carbocycles. The lowest BCUT2D eigenvalue weighted by atomic mass is 9.97. The topological polar surface area (TPSA) is 75.4 Å². The van der Waals surface area contributed by atoms with Crippen molar-refractivity contribution in [1.82, 2.24) is 15.2 Å². The highest BCUT2D eigenvalue weighted by atomic mass is 16.3. The van der Waals surface area contributed by atoms with Crippen LogP contribution in [-0.4, -0.2) is 47.8 Å². The van der Waals surface area contributed by atoms with Gasteiger partial charge in [0.25, 0.3) is 5.91 Å². The third kappa shape index (κ3) is 2.39. The molecule has 6 heteroatoms. The van der Waals surface area contributed by atoms with Crippen LogP contribution in [0.25, 0.3) is 11.0 Å². The Morgan fingerprint density at radius 2 is 2.32 bits per heavy atom. The fourth-order valence-electron chi connectivity index (χ4n) is 3.56. The highest BCUT2D eigenvalue weighted by Gasteiger charge is 2.33. The monoisotopic (exact) mass is 299 g/mol. The summed E-state index contributed by atoms with van der Waals surface area (Å²) in [6.45, 7) is 3.22. The Bertz CT molecular complexity index is 727. The molecule has 1 amide bonds. The van der Waals surface area contributed by atoms with Crippen LogP contribution in [0, 0.1) is 5.92 Å². The molecule has 6 nitrogen and oxygen atoms in total. The SMILES string of the molecule is O=Cc1cc2cnc(C(=O)NC3CC4CCN(C4)C3)cc2o1. The van der Waals surface area contributed by atoms with Crippen molar-refractivity contribution in [2.75, 3.05) is 19.6 Å². The number of piperidine rings is 1. The standard InChI is InChI=1S/C16H17N3O3/c20-9-13-4-11-6-17-14(5-15(11)22-13)16(21)18-12-3-10-1-2-19(7-10)8-12/h4-6,9-10,12H,1-3,7-8H2,(H,18,21). The van der Waals surface area contributed by atoms with Crippen LogP contribution in [0.2, 0.25) is 0 Å². The highest BCUT2D eigenvalue weighted by Crippen LogP contribution is 2.27. The van der Waals surface area contributed by atoms with Crippen LogP contribution in [0.15, 0.2) is 22.7 Å². The summed E-state index contributed by atoms with van der Waals surface area (Å²) in [5.74, 6) is 0.763. The fraction of sp³-hybridized carbons (Fsp3) is 0.438. The molecule has 2 saturated heterocycles. The molecule has 2 aliphatic heterocycles. The van der Waals surface area contributed by atoms with Crippen molar-refractivity contribution in [3.8, 4) is 0 Å². The minimum Gasteiger partial charge on any atom is -0.453 e. The Morgan fingerprint density at radius 3 is 3.14 bits per heavy atom. The van der Waals surface area contributed by atoms with E-state index in [-0.39, 0.29) is 17.7 Å². The number of hydrogen-bond acceptors (Lipinski definition) is 5. The summed E-state index contributed by atoms with van der Waals surface area (Å²) >= 11 is 0. The van der Waals surface area contributed by atoms with Gasteiger partial charge < -0.3 is 14.6 Å². The zero-order chi connectivity index (χ0) is 15.1. The molecule has 3 atom stereocenters. The summed E-state index contributed by atoms with van der Waals surface area (Å²) in [6, 6.07) is 3.40. The van der Waals surface area contributed by atoms with Gasteiger partial charge in [0, 0.05) is 36.8 Å². The molecule has 0 radical (unpaired) electrons. The Hall–Kier alpha value is -2.21. The van der Waals surface area contributed by atoms with Crippen LogP contribution in [0.3, 0.4) is 0 Å². The largest absolute Gasteiger partial charge is 0.453 e. The molecule has 4 heterocycles. The lowest BCUT2D eigenvalue weighted by molar-refractivity contribution is 0.0904. The summed E-state index contributed by atoms with van der Waals surface area (Å²) in [6.07, 6.45) is 4.48. The number of fused-ring (bicyclic) bond motifs is 3. The van der Waals surface area contributed by atoms with E-state index in [1.54, 1.807) is 18.3 Å². The summed E-state index contributed by atoms with van der Waals surface area (Å²) in [5.41, 5.74) is 0.835. The van der Waals surface area contributed by atoms with Gasteiger partial charge in [-0.05, 0) is 31.4 Å². The van der Waals surface area contributed by atoms with Crippen LogP contribution in [0.1, 0.15) is 33.9 Å². The van der Waals surface area contributed by atoms with Crippen LogP contribution < -0.4 is 5.32 Å². The first kappa shape index (κ1) is 13.5. The van der Waals surface area contributed by atoms with Gasteiger partial charge in [0.15, 0.2) is 12.0 Å². The molecule has 0 aliphatic carbocycles. The third-order valence-electron chi connectivity index (χ3n) is 4.57. The second-order valence-corrected chi connectivity index (χ2v) is 6.19. The fourth-order valence-corrected chi connectivity index (χ4v) is 3.56. The third-order valence-corrected chi connectivity index (χ3v) is 4.57. The second kappa shape index (κ2) is 5.21. The van der Waals surface area contributed by atoms with Crippen molar-refractivity contribution in [3.05, 3.63) is 29.8 Å². The summed E-state index contributed by atoms with van der Waals surface area (Å²) in [4.78, 5) is 29.7. The van der Waals surface area contributed by atoms with Crippen molar-refractivity contribution in [2.45, 2.75) is 18.9 Å². The first-order valence-corrected chi connectivity index (χ1v) is 7.59. The van der Waals surface area contributed by atoms with Gasteiger partial charge in [-0.3, -0.25) is 14.6 Å². The number of carbonyl (C=O) groups excluding carboxylic acids is 2. The zero-order valence-electron chi connectivity index (χ0n) is 12.1. The van der Waals surface area contributed by atoms with Crippen molar-refractivity contribution in [2.24, 2.45) is 5.92 Å². The number of rotatable bonds is 3. The summed E-state index contributed by atoms with van der Waals surface area (Å²) < 4.78 is 5.35. The van der Waals surface area contributed by atoms with Gasteiger partial charge in [-0.1, -0.05) is 0 Å². The molecule has 2 fully saturated rings. The molecule has 2 aromatic rings. The number of furan rings is 1. The van der Waals surface area contributed by atoms with Crippen LogP contribution in [0.5, 0.6) is 0 Å². The molecule has 22 heavy (non-hydrogen) atoms. The molecule has 114 valence electrons. The molecule has 2 aliphatic rings. The lowest BCUT2D eigenvalue weighted by Crippen LogP contribution is -2.47. The van der Waals surface area contributed by atoms with Crippen LogP contribution >= 0.6 is 0 Å². The van der Waals surface area contributed by atoms with Crippen LogP contribution in [0.4, 0.5) is 0 Å². The first-order chi connectivity index (χ1) is 10.7. The van der Waals surface area contributed by atoms with Gasteiger partial charge in [-0.15, -0.1) is 0 Å². The van der Waals surface area contributed by atoms with Gasteiger partial charge in [0.1, 0.15) is 11.3 Å². The molecule has 4 rings (SSSR count). The number of aromatic nitrogens is 1. The minimum absolute atomic E-state index is 0.182. The summed E-state index contributed by atoms with van der Waals surface area (Å²) in [5, 5.41) is 3.79. The first-order valence-electron chi connectivity index (χ1n) is 7.59. The average molecular weight is 299 g/mol. The second-order valence-electron chi connectivity index (χ2n) is 6.19. The maximum atomic E-state index is 12.4. The smallest absolute Gasteiger partial charge is 0.270 e. The van der Waals surface area contributed by atoms with Crippen molar-refractivity contribution in [3.63, 3.8) is 0 Å². The van der Waals surface area contributed by atoms with E-state index in [0.29, 0.717) is 23.5 Å². The minimum atomic E-state index is -0.182. The maximum Gasteiger partial charge on any atom is 0.270 e. The number of amides is 1. The normalized spacial score (nSPS) is 27.0. The lowest BCUT2D eigenvalue weighted by Gasteiger charge is -2.30. The number of nitrogens with one attached hydrogen (secondary N) is 1. The van der Waals surface area contributed by atoms with Gasteiger partial charge in [0.05, 0.1) is 0 Å². The van der Waals surface area contributed by atoms with Crippen molar-refractivity contribution < 1.29 is 14.0 Å². The molecule has 2 bridgehead atoms. The Morgan fingerprint density at radius 1 is 1.41 bits per heavy atom. The van der Waals surface area contributed by atoms with Crippen LogP contribution in [-0.2, 0) is 0 Å². The quantitative estimate of drug-likeness (QED) is 0.869. The van der Waals surface area contributed by atoms with Crippen molar-refractivity contribution >= 4 is 23.2 Å².